The number of rotatable bonds is 0. The van der Waals surface area contributed by atoms with E-state index in [4.69, 9.17) is 5.73 Å². The van der Waals surface area contributed by atoms with Crippen LogP contribution in [0.25, 0.3) is 10.9 Å². The van der Waals surface area contributed by atoms with Crippen molar-refractivity contribution in [1.82, 2.24) is 4.98 Å². The summed E-state index contributed by atoms with van der Waals surface area (Å²) in [5, 5.41) is 1.23. The topological polar surface area (TPSA) is 38.9 Å². The van der Waals surface area contributed by atoms with Crippen molar-refractivity contribution in [3.63, 3.8) is 0 Å². The van der Waals surface area contributed by atoms with Gasteiger partial charge in [-0.3, -0.25) is 4.98 Å². The molecule has 0 saturated carbocycles. The zero-order valence-electron chi connectivity index (χ0n) is 8.61. The molecule has 0 saturated heterocycles. The molecule has 76 valence electrons. The Morgan fingerprint density at radius 1 is 1.27 bits per heavy atom. The van der Waals surface area contributed by atoms with Gasteiger partial charge in [0.05, 0.1) is 5.52 Å². The Bertz CT molecular complexity index is 505. The molecule has 2 N–H and O–H groups in total. The summed E-state index contributed by atoms with van der Waals surface area (Å²) in [4.78, 5) is 4.38. The number of pyridine rings is 1. The fourth-order valence-electron chi connectivity index (χ4n) is 2.36. The van der Waals surface area contributed by atoms with Crippen LogP contribution in [0.15, 0.2) is 30.5 Å². The van der Waals surface area contributed by atoms with Crippen LogP contribution in [0.2, 0.25) is 0 Å². The van der Waals surface area contributed by atoms with Crippen molar-refractivity contribution in [2.24, 2.45) is 5.73 Å². The smallest absolute Gasteiger partial charge is 0.0704 e. The van der Waals surface area contributed by atoms with Crippen LogP contribution in [0, 0.1) is 0 Å². The lowest BCUT2D eigenvalue weighted by Gasteiger charge is -2.21. The van der Waals surface area contributed by atoms with E-state index >= 15 is 0 Å². The number of nitrogens with zero attached hydrogens (tertiary/aromatic N) is 1. The van der Waals surface area contributed by atoms with Gasteiger partial charge in [0.25, 0.3) is 0 Å². The lowest BCUT2D eigenvalue weighted by atomic mass is 9.88. The summed E-state index contributed by atoms with van der Waals surface area (Å²) in [6.45, 7) is 0. The van der Waals surface area contributed by atoms with E-state index in [2.05, 4.69) is 23.2 Å². The molecule has 3 rings (SSSR count). The lowest BCUT2D eigenvalue weighted by molar-refractivity contribution is 0.577. The third kappa shape index (κ3) is 1.51. The zero-order chi connectivity index (χ0) is 10.3. The van der Waals surface area contributed by atoms with Gasteiger partial charge >= 0.3 is 0 Å². The second-order valence-corrected chi connectivity index (χ2v) is 4.32. The third-order valence-electron chi connectivity index (χ3n) is 3.19. The largest absolute Gasteiger partial charge is 0.327 e. The molecule has 0 spiro atoms. The summed E-state index contributed by atoms with van der Waals surface area (Å²) in [7, 11) is 0. The molecule has 1 aromatic heterocycles. The Morgan fingerprint density at radius 3 is 3.13 bits per heavy atom. The average molecular weight is 198 g/mol. The van der Waals surface area contributed by atoms with Crippen LogP contribution in [0.1, 0.15) is 17.5 Å². The second kappa shape index (κ2) is 3.31. The number of aromatic nitrogens is 1. The highest BCUT2D eigenvalue weighted by Gasteiger charge is 2.15. The Morgan fingerprint density at radius 2 is 2.20 bits per heavy atom. The molecule has 0 amide bonds. The number of fused-ring (bicyclic) bond motifs is 2. The Kier molecular flexibility index (Phi) is 1.96. The van der Waals surface area contributed by atoms with E-state index in [0.717, 1.165) is 24.8 Å². The van der Waals surface area contributed by atoms with Crippen molar-refractivity contribution < 1.29 is 0 Å². The molecular formula is C13H14N2. The van der Waals surface area contributed by atoms with Gasteiger partial charge in [0.2, 0.25) is 0 Å². The fraction of sp³-hybridized carbons (Fsp3) is 0.308. The van der Waals surface area contributed by atoms with E-state index in [1.807, 2.05) is 12.3 Å². The fourth-order valence-corrected chi connectivity index (χ4v) is 2.36. The molecule has 1 heterocycles. The Hall–Kier alpha value is -1.41. The minimum absolute atomic E-state index is 0.339. The quantitative estimate of drug-likeness (QED) is 0.703. The van der Waals surface area contributed by atoms with Gasteiger partial charge in [-0.2, -0.15) is 0 Å². The van der Waals surface area contributed by atoms with E-state index in [1.54, 1.807) is 0 Å². The van der Waals surface area contributed by atoms with Crippen molar-refractivity contribution in [2.75, 3.05) is 0 Å². The molecule has 0 bridgehead atoms. The molecule has 1 aliphatic carbocycles. The molecule has 15 heavy (non-hydrogen) atoms. The summed E-state index contributed by atoms with van der Waals surface area (Å²) < 4.78 is 0. The minimum atomic E-state index is 0.339. The van der Waals surface area contributed by atoms with Crippen molar-refractivity contribution in [1.29, 1.82) is 0 Å². The number of hydrogen-bond donors (Lipinski definition) is 1. The molecule has 0 fully saturated rings. The van der Waals surface area contributed by atoms with Gasteiger partial charge < -0.3 is 5.73 Å². The van der Waals surface area contributed by atoms with Crippen LogP contribution in [-0.4, -0.2) is 11.0 Å². The van der Waals surface area contributed by atoms with Gasteiger partial charge in [0.1, 0.15) is 0 Å². The van der Waals surface area contributed by atoms with Crippen LogP contribution < -0.4 is 5.73 Å². The van der Waals surface area contributed by atoms with E-state index < -0.39 is 0 Å². The highest BCUT2D eigenvalue weighted by molar-refractivity contribution is 5.80. The molecular weight excluding hydrogens is 184 g/mol. The first-order chi connectivity index (χ1) is 7.33. The predicted octanol–water partition coefficient (Wildman–Crippen LogP) is 2.05. The average Bonchev–Trinajstić information content (AvgIpc) is 2.26. The second-order valence-electron chi connectivity index (χ2n) is 4.32. The Balaban J connectivity index is 2.20. The summed E-state index contributed by atoms with van der Waals surface area (Å²) in [6, 6.07) is 8.90. The lowest BCUT2D eigenvalue weighted by Crippen LogP contribution is -2.27. The van der Waals surface area contributed by atoms with Crippen molar-refractivity contribution in [3.8, 4) is 0 Å². The van der Waals surface area contributed by atoms with E-state index in [1.165, 1.54) is 16.5 Å². The monoisotopic (exact) mass is 198 g/mol. The number of nitrogens with two attached hydrogens (primary N) is 1. The molecule has 1 atom stereocenters. The standard InChI is InChI=1S/C13H14N2/c14-12-4-3-9-8-13-10(2-1-5-15-13)6-11(9)7-12/h1-2,5-6,8,12H,3-4,7,14H2. The number of hydrogen-bond acceptors (Lipinski definition) is 2. The van der Waals surface area contributed by atoms with Gasteiger partial charge in [0.15, 0.2) is 0 Å². The van der Waals surface area contributed by atoms with Gasteiger partial charge in [-0.1, -0.05) is 6.07 Å². The SMILES string of the molecule is NC1CCc2cc3ncccc3cc2C1. The highest BCUT2D eigenvalue weighted by Crippen LogP contribution is 2.25. The maximum Gasteiger partial charge on any atom is 0.0704 e. The van der Waals surface area contributed by atoms with Crippen LogP contribution in [0.5, 0.6) is 0 Å². The Labute approximate surface area is 89.1 Å². The molecule has 1 aromatic carbocycles. The number of aryl methyl sites for hydroxylation is 1. The molecule has 2 aromatic rings. The van der Waals surface area contributed by atoms with Crippen LogP contribution in [0.4, 0.5) is 0 Å². The zero-order valence-corrected chi connectivity index (χ0v) is 8.61. The first-order valence-corrected chi connectivity index (χ1v) is 5.45. The van der Waals surface area contributed by atoms with Crippen LogP contribution in [-0.2, 0) is 12.8 Å². The van der Waals surface area contributed by atoms with E-state index in [-0.39, 0.29) is 0 Å². The first-order valence-electron chi connectivity index (χ1n) is 5.45. The summed E-state index contributed by atoms with van der Waals surface area (Å²) in [5.41, 5.74) is 9.93. The summed E-state index contributed by atoms with van der Waals surface area (Å²) in [6.07, 6.45) is 5.07. The summed E-state index contributed by atoms with van der Waals surface area (Å²) >= 11 is 0. The molecule has 2 heteroatoms. The highest BCUT2D eigenvalue weighted by atomic mass is 14.7. The third-order valence-corrected chi connectivity index (χ3v) is 3.19. The molecule has 2 nitrogen and oxygen atoms in total. The maximum absolute atomic E-state index is 5.98. The van der Waals surface area contributed by atoms with Crippen molar-refractivity contribution in [2.45, 2.75) is 25.3 Å². The van der Waals surface area contributed by atoms with Crippen LogP contribution in [0.3, 0.4) is 0 Å². The maximum atomic E-state index is 5.98. The van der Waals surface area contributed by atoms with Gasteiger partial charge in [-0.25, -0.2) is 0 Å². The summed E-state index contributed by atoms with van der Waals surface area (Å²) in [5.74, 6) is 0. The van der Waals surface area contributed by atoms with Crippen molar-refractivity contribution >= 4 is 10.9 Å². The molecule has 1 unspecified atom stereocenters. The van der Waals surface area contributed by atoms with Gasteiger partial charge in [-0.05, 0) is 48.6 Å². The van der Waals surface area contributed by atoms with E-state index in [9.17, 15) is 0 Å². The molecule has 0 aliphatic heterocycles. The molecule has 1 aliphatic rings. The normalized spacial score (nSPS) is 20.2. The minimum Gasteiger partial charge on any atom is -0.327 e. The van der Waals surface area contributed by atoms with Gasteiger partial charge in [0, 0.05) is 17.6 Å². The first kappa shape index (κ1) is 8.86. The molecule has 0 radical (unpaired) electrons. The van der Waals surface area contributed by atoms with Crippen molar-refractivity contribution in [3.05, 3.63) is 41.6 Å². The predicted molar refractivity (Wildman–Crippen MR) is 61.7 cm³/mol. The van der Waals surface area contributed by atoms with Gasteiger partial charge in [-0.15, -0.1) is 0 Å². The van der Waals surface area contributed by atoms with Crippen LogP contribution >= 0.6 is 0 Å². The number of benzene rings is 1. The van der Waals surface area contributed by atoms with E-state index in [0.29, 0.717) is 6.04 Å².